The molecule has 0 saturated carbocycles. The van der Waals surface area contributed by atoms with Crippen LogP contribution in [-0.2, 0) is 9.53 Å². The Hall–Kier alpha value is -2.99. The second-order valence-corrected chi connectivity index (χ2v) is 11.0. The first-order valence-electron chi connectivity index (χ1n) is 14.1. The number of ether oxygens (including phenoxy) is 1. The first-order chi connectivity index (χ1) is 18.6. The predicted molar refractivity (Wildman–Crippen MR) is 153 cm³/mol. The van der Waals surface area contributed by atoms with Crippen LogP contribution in [0.3, 0.4) is 0 Å². The van der Waals surface area contributed by atoms with Crippen LogP contribution >= 0.6 is 0 Å². The first kappa shape index (κ1) is 26.6. The van der Waals surface area contributed by atoms with E-state index in [4.69, 9.17) is 4.74 Å². The minimum atomic E-state index is -0.252. The molecule has 2 aliphatic heterocycles. The molecule has 0 bridgehead atoms. The maximum absolute atomic E-state index is 13.3. The van der Waals surface area contributed by atoms with E-state index in [1.165, 1.54) is 5.56 Å². The molecule has 0 aliphatic carbocycles. The number of rotatable bonds is 8. The van der Waals surface area contributed by atoms with Crippen molar-refractivity contribution in [3.8, 4) is 0 Å². The van der Waals surface area contributed by atoms with E-state index in [1.807, 2.05) is 41.3 Å². The summed E-state index contributed by atoms with van der Waals surface area (Å²) in [5, 5.41) is 3.68. The van der Waals surface area contributed by atoms with Crippen molar-refractivity contribution < 1.29 is 9.53 Å². The van der Waals surface area contributed by atoms with Gasteiger partial charge in [-0.2, -0.15) is 0 Å². The lowest BCUT2D eigenvalue weighted by Crippen LogP contribution is -2.56. The van der Waals surface area contributed by atoms with Crippen LogP contribution in [0.5, 0.6) is 0 Å². The number of carbonyl (C=O) groups is 1. The molecule has 5 rings (SSSR count). The van der Waals surface area contributed by atoms with Gasteiger partial charge < -0.3 is 15.0 Å². The smallest absolute Gasteiger partial charge is 0.248 e. The van der Waals surface area contributed by atoms with E-state index >= 15 is 0 Å². The maximum Gasteiger partial charge on any atom is 0.248 e. The molecule has 2 fully saturated rings. The summed E-state index contributed by atoms with van der Waals surface area (Å²) in [7, 11) is 0. The largest absolute Gasteiger partial charge is 0.359 e. The van der Waals surface area contributed by atoms with Crippen LogP contribution in [0.2, 0.25) is 0 Å². The van der Waals surface area contributed by atoms with Crippen LogP contribution in [0, 0.1) is 5.92 Å². The molecular weight excluding hydrogens is 470 g/mol. The van der Waals surface area contributed by atoms with Crippen molar-refractivity contribution in [3.05, 3.63) is 108 Å². The minimum Gasteiger partial charge on any atom is -0.359 e. The molecule has 0 aromatic heterocycles. The van der Waals surface area contributed by atoms with Gasteiger partial charge in [0.15, 0.2) is 0 Å². The Morgan fingerprint density at radius 1 is 0.789 bits per heavy atom. The number of hydrogen-bond donors (Lipinski definition) is 1. The van der Waals surface area contributed by atoms with Crippen molar-refractivity contribution in [2.75, 3.05) is 32.8 Å². The third kappa shape index (κ3) is 6.52. The van der Waals surface area contributed by atoms with Gasteiger partial charge in [-0.05, 0) is 49.3 Å². The fraction of sp³-hybridized carbons (Fsp3) is 0.424. The predicted octanol–water partition coefficient (Wildman–Crippen LogP) is 5.45. The molecule has 1 N–H and O–H groups in total. The fourth-order valence-corrected chi connectivity index (χ4v) is 6.38. The van der Waals surface area contributed by atoms with Gasteiger partial charge in [-0.15, -0.1) is 0 Å². The molecular formula is C33H41N3O2. The highest BCUT2D eigenvalue weighted by Gasteiger charge is 2.36. The van der Waals surface area contributed by atoms with E-state index in [0.29, 0.717) is 24.0 Å². The van der Waals surface area contributed by atoms with Crippen LogP contribution in [-0.4, -0.2) is 60.6 Å². The number of carbonyl (C=O) groups excluding carboxylic acids is 1. The normalized spacial score (nSPS) is 21.9. The van der Waals surface area contributed by atoms with Crippen molar-refractivity contribution in [1.82, 2.24) is 15.1 Å². The van der Waals surface area contributed by atoms with Crippen molar-refractivity contribution in [2.45, 2.75) is 50.9 Å². The van der Waals surface area contributed by atoms with Crippen molar-refractivity contribution in [1.29, 1.82) is 0 Å². The van der Waals surface area contributed by atoms with E-state index < -0.39 is 0 Å². The Morgan fingerprint density at radius 3 is 1.76 bits per heavy atom. The van der Waals surface area contributed by atoms with Crippen LogP contribution in [0.25, 0.3) is 0 Å². The van der Waals surface area contributed by atoms with Gasteiger partial charge in [0, 0.05) is 44.3 Å². The molecule has 1 amide bonds. The molecule has 3 unspecified atom stereocenters. The molecule has 3 aromatic rings. The average Bonchev–Trinajstić information content (AvgIpc) is 2.95. The second-order valence-electron chi connectivity index (χ2n) is 11.0. The molecule has 0 radical (unpaired) electrons. The summed E-state index contributed by atoms with van der Waals surface area (Å²) in [6.07, 6.45) is 1.77. The van der Waals surface area contributed by atoms with Crippen molar-refractivity contribution in [3.63, 3.8) is 0 Å². The molecule has 38 heavy (non-hydrogen) atoms. The molecule has 200 valence electrons. The topological polar surface area (TPSA) is 44.8 Å². The summed E-state index contributed by atoms with van der Waals surface area (Å²) < 4.78 is 6.29. The standard InChI is InChI=1S/C33H41N3O2/c1-25-22-36(23-26(2)34-25)32(27-12-6-3-7-13-27)28-18-20-35(21-19-28)31(37)24-38-33(29-14-8-4-9-15-29)30-16-10-5-11-17-30/h3-17,25-26,28,32-34H,18-24H2,1-2H3. The summed E-state index contributed by atoms with van der Waals surface area (Å²) in [5.41, 5.74) is 3.53. The summed E-state index contributed by atoms with van der Waals surface area (Å²) in [6, 6.07) is 32.7. The van der Waals surface area contributed by atoms with Crippen LogP contribution < -0.4 is 5.32 Å². The van der Waals surface area contributed by atoms with E-state index in [0.717, 1.165) is 50.1 Å². The zero-order chi connectivity index (χ0) is 26.3. The van der Waals surface area contributed by atoms with Gasteiger partial charge in [0.2, 0.25) is 5.91 Å². The highest BCUT2D eigenvalue weighted by atomic mass is 16.5. The number of benzene rings is 3. The second kappa shape index (κ2) is 12.7. The Balaban J connectivity index is 1.23. The van der Waals surface area contributed by atoms with Crippen molar-refractivity contribution in [2.24, 2.45) is 5.92 Å². The first-order valence-corrected chi connectivity index (χ1v) is 14.1. The lowest BCUT2D eigenvalue weighted by molar-refractivity contribution is -0.139. The molecule has 3 aromatic carbocycles. The van der Waals surface area contributed by atoms with Crippen LogP contribution in [0.15, 0.2) is 91.0 Å². The number of likely N-dealkylation sites (tertiary alicyclic amines) is 1. The average molecular weight is 512 g/mol. The van der Waals surface area contributed by atoms with E-state index in [9.17, 15) is 4.79 Å². The monoisotopic (exact) mass is 511 g/mol. The number of nitrogens with one attached hydrogen (secondary N) is 1. The Morgan fingerprint density at radius 2 is 1.26 bits per heavy atom. The van der Waals surface area contributed by atoms with Crippen LogP contribution in [0.4, 0.5) is 0 Å². The Bertz CT molecular complexity index is 1080. The number of nitrogens with zero attached hydrogens (tertiary/aromatic N) is 2. The van der Waals surface area contributed by atoms with Crippen LogP contribution in [0.1, 0.15) is 55.5 Å². The van der Waals surface area contributed by atoms with Gasteiger partial charge in [-0.3, -0.25) is 9.69 Å². The third-order valence-corrected chi connectivity index (χ3v) is 8.04. The molecule has 2 saturated heterocycles. The minimum absolute atomic E-state index is 0.0843. The quantitative estimate of drug-likeness (QED) is 0.437. The molecule has 5 nitrogen and oxygen atoms in total. The SMILES string of the molecule is CC1CN(C(c2ccccc2)C2CCN(C(=O)COC(c3ccccc3)c3ccccc3)CC2)CC(C)N1. The van der Waals surface area contributed by atoms with E-state index in [-0.39, 0.29) is 18.6 Å². The van der Waals surface area contributed by atoms with Gasteiger partial charge in [0.25, 0.3) is 0 Å². The zero-order valence-electron chi connectivity index (χ0n) is 22.7. The Labute approximate surface area is 227 Å². The van der Waals surface area contributed by atoms with Gasteiger partial charge in [0.05, 0.1) is 0 Å². The van der Waals surface area contributed by atoms with Gasteiger partial charge in [-0.25, -0.2) is 0 Å². The lowest BCUT2D eigenvalue weighted by Gasteiger charge is -2.46. The summed E-state index contributed by atoms with van der Waals surface area (Å²) >= 11 is 0. The lowest BCUT2D eigenvalue weighted by atomic mass is 9.83. The highest BCUT2D eigenvalue weighted by molar-refractivity contribution is 5.77. The maximum atomic E-state index is 13.3. The van der Waals surface area contributed by atoms with E-state index in [2.05, 4.69) is 78.7 Å². The van der Waals surface area contributed by atoms with E-state index in [1.54, 1.807) is 0 Å². The number of amides is 1. The summed E-state index contributed by atoms with van der Waals surface area (Å²) in [5.74, 6) is 0.613. The number of hydrogen-bond acceptors (Lipinski definition) is 4. The van der Waals surface area contributed by atoms with Gasteiger partial charge >= 0.3 is 0 Å². The number of piperazine rings is 1. The summed E-state index contributed by atoms with van der Waals surface area (Å²) in [6.45, 7) is 8.33. The third-order valence-electron chi connectivity index (χ3n) is 8.04. The molecule has 2 heterocycles. The summed E-state index contributed by atoms with van der Waals surface area (Å²) in [4.78, 5) is 18.0. The molecule has 3 atom stereocenters. The molecule has 2 aliphatic rings. The molecule has 0 spiro atoms. The van der Waals surface area contributed by atoms with Gasteiger partial charge in [-0.1, -0.05) is 91.0 Å². The van der Waals surface area contributed by atoms with Crippen molar-refractivity contribution >= 4 is 5.91 Å². The fourth-order valence-electron chi connectivity index (χ4n) is 6.38. The zero-order valence-corrected chi connectivity index (χ0v) is 22.7. The van der Waals surface area contributed by atoms with Gasteiger partial charge in [0.1, 0.15) is 12.7 Å². The highest BCUT2D eigenvalue weighted by Crippen LogP contribution is 2.37. The molecule has 5 heteroatoms. The Kier molecular flexibility index (Phi) is 8.90. The number of piperidine rings is 1.